The Morgan fingerprint density at radius 2 is 1.88 bits per heavy atom. The molecule has 2 aliphatic rings. The average molecular weight is 333 g/mol. The van der Waals surface area contributed by atoms with Crippen molar-refractivity contribution in [2.45, 2.75) is 38.4 Å². The molecule has 2 fully saturated rings. The minimum atomic E-state index is -0.0285. The van der Waals surface area contributed by atoms with E-state index < -0.39 is 0 Å². The number of nitrogens with zero attached hydrogens (tertiary/aromatic N) is 1. The number of rotatable bonds is 6. The molecule has 132 valence electrons. The van der Waals surface area contributed by atoms with Gasteiger partial charge in [-0.05, 0) is 36.5 Å². The molecule has 1 aromatic rings. The predicted octanol–water partition coefficient (Wildman–Crippen LogP) is 1.99. The number of ether oxygens (including phenoxy) is 2. The summed E-state index contributed by atoms with van der Waals surface area (Å²) < 4.78 is 10.6. The van der Waals surface area contributed by atoms with E-state index in [9.17, 15) is 4.79 Å². The van der Waals surface area contributed by atoms with Gasteiger partial charge in [0, 0.05) is 37.8 Å². The van der Waals surface area contributed by atoms with Gasteiger partial charge in [-0.25, -0.2) is 4.79 Å². The largest absolute Gasteiger partial charge is 0.497 e. The van der Waals surface area contributed by atoms with Crippen LogP contribution in [0.25, 0.3) is 0 Å². The quantitative estimate of drug-likeness (QED) is 0.836. The monoisotopic (exact) mass is 333 g/mol. The number of urea groups is 1. The molecule has 0 aromatic heterocycles. The van der Waals surface area contributed by atoms with Crippen LogP contribution in [0.4, 0.5) is 4.79 Å². The first-order valence-electron chi connectivity index (χ1n) is 8.58. The fourth-order valence-electron chi connectivity index (χ4n) is 3.23. The Labute approximate surface area is 143 Å². The van der Waals surface area contributed by atoms with Gasteiger partial charge in [0.05, 0.1) is 14.2 Å². The number of carbonyl (C=O) groups excluding carboxylic acids is 1. The van der Waals surface area contributed by atoms with Crippen LogP contribution in [0.5, 0.6) is 11.5 Å². The predicted molar refractivity (Wildman–Crippen MR) is 92.5 cm³/mol. The Hall–Kier alpha value is -1.95. The van der Waals surface area contributed by atoms with Crippen LogP contribution in [0.15, 0.2) is 18.2 Å². The lowest BCUT2D eigenvalue weighted by atomic mass is 10.2. The lowest BCUT2D eigenvalue weighted by Crippen LogP contribution is -2.44. The molecular formula is C18H27N3O3. The maximum atomic E-state index is 12.0. The molecule has 1 aromatic carbocycles. The topological polar surface area (TPSA) is 62.8 Å². The summed E-state index contributed by atoms with van der Waals surface area (Å²) in [6, 6.07) is 6.49. The Morgan fingerprint density at radius 3 is 2.46 bits per heavy atom. The summed E-state index contributed by atoms with van der Waals surface area (Å²) in [6.07, 6.45) is 2.08. The first-order valence-corrected chi connectivity index (χ1v) is 8.58. The number of carbonyl (C=O) groups is 1. The van der Waals surface area contributed by atoms with Crippen LogP contribution in [-0.2, 0) is 6.54 Å². The molecule has 1 aliphatic heterocycles. The van der Waals surface area contributed by atoms with Crippen molar-refractivity contribution in [1.82, 2.24) is 15.5 Å². The number of benzene rings is 1. The molecular weight excluding hydrogens is 306 g/mol. The van der Waals surface area contributed by atoms with Crippen molar-refractivity contribution in [3.8, 4) is 11.5 Å². The van der Waals surface area contributed by atoms with E-state index in [1.165, 1.54) is 0 Å². The highest BCUT2D eigenvalue weighted by Gasteiger charge is 2.34. The van der Waals surface area contributed by atoms with Gasteiger partial charge >= 0.3 is 6.03 Å². The number of likely N-dealkylation sites (tertiary alicyclic amines) is 1. The van der Waals surface area contributed by atoms with Crippen molar-refractivity contribution in [3.63, 3.8) is 0 Å². The zero-order valence-corrected chi connectivity index (χ0v) is 14.7. The Balaban J connectivity index is 1.49. The molecule has 1 saturated heterocycles. The first-order chi connectivity index (χ1) is 11.6. The average Bonchev–Trinajstić information content (AvgIpc) is 3.07. The van der Waals surface area contributed by atoms with E-state index >= 15 is 0 Å². The van der Waals surface area contributed by atoms with Crippen molar-refractivity contribution in [2.75, 3.05) is 27.3 Å². The van der Waals surface area contributed by atoms with Gasteiger partial charge in [-0.3, -0.25) is 4.90 Å². The molecule has 0 radical (unpaired) electrons. The van der Waals surface area contributed by atoms with Gasteiger partial charge in [0.1, 0.15) is 11.5 Å². The summed E-state index contributed by atoms with van der Waals surface area (Å²) in [4.78, 5) is 14.3. The number of methoxy groups -OCH3 is 2. The fraction of sp³-hybridized carbons (Fsp3) is 0.611. The molecule has 2 amide bonds. The molecule has 1 saturated carbocycles. The highest BCUT2D eigenvalue weighted by Crippen LogP contribution is 2.29. The molecule has 2 N–H and O–H groups in total. The lowest BCUT2D eigenvalue weighted by molar-refractivity contribution is 0.235. The Kier molecular flexibility index (Phi) is 5.14. The van der Waals surface area contributed by atoms with Gasteiger partial charge < -0.3 is 20.1 Å². The second-order valence-corrected chi connectivity index (χ2v) is 6.88. The van der Waals surface area contributed by atoms with E-state index in [1.54, 1.807) is 14.2 Å². The number of amides is 2. The van der Waals surface area contributed by atoms with Gasteiger partial charge in [-0.15, -0.1) is 0 Å². The second-order valence-electron chi connectivity index (χ2n) is 6.88. The SMILES string of the molecule is COc1cc(CN2CC[C@H](NC(=O)N[C@H]3C[C@@H]3C)C2)cc(OC)c1. The minimum absolute atomic E-state index is 0.0285. The number of hydrogen-bond acceptors (Lipinski definition) is 4. The maximum absolute atomic E-state index is 12.0. The molecule has 6 nitrogen and oxygen atoms in total. The summed E-state index contributed by atoms with van der Waals surface area (Å²) >= 11 is 0. The van der Waals surface area contributed by atoms with E-state index in [-0.39, 0.29) is 12.1 Å². The molecule has 1 heterocycles. The van der Waals surface area contributed by atoms with Gasteiger partial charge in [0.25, 0.3) is 0 Å². The van der Waals surface area contributed by atoms with Crippen LogP contribution in [0.3, 0.4) is 0 Å². The first kappa shape index (κ1) is 16.9. The fourth-order valence-corrected chi connectivity index (χ4v) is 3.23. The molecule has 0 spiro atoms. The molecule has 3 rings (SSSR count). The van der Waals surface area contributed by atoms with E-state index in [0.717, 1.165) is 49.5 Å². The van der Waals surface area contributed by atoms with E-state index in [0.29, 0.717) is 12.0 Å². The van der Waals surface area contributed by atoms with Crippen LogP contribution < -0.4 is 20.1 Å². The molecule has 3 atom stereocenters. The molecule has 24 heavy (non-hydrogen) atoms. The molecule has 0 unspecified atom stereocenters. The van der Waals surface area contributed by atoms with Crippen LogP contribution >= 0.6 is 0 Å². The van der Waals surface area contributed by atoms with Crippen LogP contribution in [0.2, 0.25) is 0 Å². The summed E-state index contributed by atoms with van der Waals surface area (Å²) in [5, 5.41) is 6.11. The van der Waals surface area contributed by atoms with Gasteiger partial charge in [0.2, 0.25) is 0 Å². The van der Waals surface area contributed by atoms with Crippen molar-refractivity contribution in [3.05, 3.63) is 23.8 Å². The molecule has 6 heteroatoms. The summed E-state index contributed by atoms with van der Waals surface area (Å²) in [7, 11) is 3.32. The summed E-state index contributed by atoms with van der Waals surface area (Å²) in [6.45, 7) is 4.83. The van der Waals surface area contributed by atoms with E-state index in [2.05, 4.69) is 22.5 Å². The summed E-state index contributed by atoms with van der Waals surface area (Å²) in [5.74, 6) is 2.23. The minimum Gasteiger partial charge on any atom is -0.497 e. The third-order valence-corrected chi connectivity index (χ3v) is 4.85. The van der Waals surface area contributed by atoms with Crippen LogP contribution in [-0.4, -0.2) is 50.3 Å². The molecule has 0 bridgehead atoms. The number of nitrogens with one attached hydrogen (secondary N) is 2. The standard InChI is InChI=1S/C18H27N3O3/c1-12-6-17(12)20-18(22)19-14-4-5-21(11-14)10-13-7-15(23-2)9-16(8-13)24-3/h7-9,12,14,17H,4-6,10-11H2,1-3H3,(H2,19,20,22)/t12-,14-,17-/m0/s1. The maximum Gasteiger partial charge on any atom is 0.315 e. The number of hydrogen-bond donors (Lipinski definition) is 2. The second kappa shape index (κ2) is 7.30. The van der Waals surface area contributed by atoms with Gasteiger partial charge in [0.15, 0.2) is 0 Å². The Bertz CT molecular complexity index is 571. The van der Waals surface area contributed by atoms with Crippen molar-refractivity contribution in [2.24, 2.45) is 5.92 Å². The highest BCUT2D eigenvalue weighted by molar-refractivity contribution is 5.75. The van der Waals surface area contributed by atoms with Crippen molar-refractivity contribution >= 4 is 6.03 Å². The van der Waals surface area contributed by atoms with E-state index in [4.69, 9.17) is 9.47 Å². The zero-order valence-electron chi connectivity index (χ0n) is 14.7. The Morgan fingerprint density at radius 1 is 1.21 bits per heavy atom. The normalized spacial score (nSPS) is 26.0. The van der Waals surface area contributed by atoms with Crippen molar-refractivity contribution < 1.29 is 14.3 Å². The van der Waals surface area contributed by atoms with Crippen LogP contribution in [0.1, 0.15) is 25.3 Å². The van der Waals surface area contributed by atoms with E-state index in [1.807, 2.05) is 18.2 Å². The van der Waals surface area contributed by atoms with Gasteiger partial charge in [-0.2, -0.15) is 0 Å². The lowest BCUT2D eigenvalue weighted by Gasteiger charge is -2.18. The van der Waals surface area contributed by atoms with Crippen LogP contribution in [0, 0.1) is 5.92 Å². The third-order valence-electron chi connectivity index (χ3n) is 4.85. The zero-order chi connectivity index (χ0) is 17.1. The summed E-state index contributed by atoms with van der Waals surface area (Å²) in [5.41, 5.74) is 1.16. The van der Waals surface area contributed by atoms with Gasteiger partial charge in [-0.1, -0.05) is 6.92 Å². The molecule has 1 aliphatic carbocycles. The smallest absolute Gasteiger partial charge is 0.315 e. The van der Waals surface area contributed by atoms with Crippen molar-refractivity contribution in [1.29, 1.82) is 0 Å². The third kappa shape index (κ3) is 4.32. The highest BCUT2D eigenvalue weighted by atomic mass is 16.5.